The SMILES string of the molecule is N#Cc1ccc2cc[se]c2c1. The van der Waals surface area contributed by atoms with Crippen LogP contribution in [0.15, 0.2) is 29.2 Å². The number of fused-ring (bicyclic) bond motifs is 1. The van der Waals surface area contributed by atoms with Crippen LogP contribution in [-0.4, -0.2) is 14.5 Å². The van der Waals surface area contributed by atoms with E-state index in [0.29, 0.717) is 14.5 Å². The molecule has 0 radical (unpaired) electrons. The van der Waals surface area contributed by atoms with E-state index in [0.717, 1.165) is 5.56 Å². The summed E-state index contributed by atoms with van der Waals surface area (Å²) in [5.74, 6) is 0. The molecule has 0 aliphatic rings. The van der Waals surface area contributed by atoms with Crippen LogP contribution in [0.1, 0.15) is 5.56 Å². The molecule has 1 aromatic heterocycles. The molecule has 1 heterocycles. The fourth-order valence-corrected chi connectivity index (χ4v) is 2.76. The minimum absolute atomic E-state index is 0.461. The fraction of sp³-hybridized carbons (Fsp3) is 0. The van der Waals surface area contributed by atoms with Crippen LogP contribution >= 0.6 is 0 Å². The molecule has 1 nitrogen and oxygen atoms in total. The number of benzene rings is 1. The first-order valence-corrected chi connectivity index (χ1v) is 5.12. The van der Waals surface area contributed by atoms with Crippen molar-refractivity contribution < 1.29 is 0 Å². The number of nitriles is 1. The Kier molecular flexibility index (Phi) is 1.54. The van der Waals surface area contributed by atoms with E-state index in [9.17, 15) is 0 Å². The zero-order valence-corrected chi connectivity index (χ0v) is 7.46. The van der Waals surface area contributed by atoms with Gasteiger partial charge in [0.15, 0.2) is 0 Å². The Morgan fingerprint density at radius 3 is 3.00 bits per heavy atom. The molecule has 0 aliphatic carbocycles. The van der Waals surface area contributed by atoms with Crippen molar-refractivity contribution in [1.29, 1.82) is 5.26 Å². The monoisotopic (exact) mass is 207 g/mol. The van der Waals surface area contributed by atoms with Gasteiger partial charge in [-0.15, -0.1) is 0 Å². The second kappa shape index (κ2) is 2.54. The van der Waals surface area contributed by atoms with E-state index >= 15 is 0 Å². The van der Waals surface area contributed by atoms with Gasteiger partial charge in [-0.2, -0.15) is 0 Å². The summed E-state index contributed by atoms with van der Waals surface area (Å²) >= 11 is 0.461. The van der Waals surface area contributed by atoms with Gasteiger partial charge in [0.05, 0.1) is 0 Å². The van der Waals surface area contributed by atoms with Gasteiger partial charge >= 0.3 is 70.3 Å². The van der Waals surface area contributed by atoms with Crippen LogP contribution in [0, 0.1) is 11.3 Å². The Hall–Kier alpha value is -1.03. The second-order valence-corrected chi connectivity index (χ2v) is 4.27. The molecule has 52 valence electrons. The van der Waals surface area contributed by atoms with Gasteiger partial charge < -0.3 is 0 Å². The molecule has 11 heavy (non-hydrogen) atoms. The van der Waals surface area contributed by atoms with Crippen molar-refractivity contribution in [2.75, 3.05) is 0 Å². The third-order valence-corrected chi connectivity index (χ3v) is 3.43. The molecule has 0 aliphatic heterocycles. The standard InChI is InChI=1S/C9H5NSe/c10-6-7-1-2-8-3-4-11-9(8)5-7/h1-5H. The molecule has 1 aromatic carbocycles. The topological polar surface area (TPSA) is 23.8 Å². The Bertz CT molecular complexity index is 422. The first-order chi connectivity index (χ1) is 5.40. The second-order valence-electron chi connectivity index (χ2n) is 2.29. The van der Waals surface area contributed by atoms with Crippen molar-refractivity contribution in [2.24, 2.45) is 0 Å². The average Bonchev–Trinajstić information content (AvgIpc) is 2.50. The minimum atomic E-state index is 0.461. The van der Waals surface area contributed by atoms with Gasteiger partial charge in [0.2, 0.25) is 0 Å². The summed E-state index contributed by atoms with van der Waals surface area (Å²) in [6.07, 6.45) is 0. The number of nitrogens with zero attached hydrogens (tertiary/aromatic N) is 1. The predicted molar refractivity (Wildman–Crippen MR) is 45.6 cm³/mol. The molecule has 2 heteroatoms. The first kappa shape index (κ1) is 6.67. The molecule has 2 aromatic rings. The van der Waals surface area contributed by atoms with E-state index in [4.69, 9.17) is 5.26 Å². The summed E-state index contributed by atoms with van der Waals surface area (Å²) in [5.41, 5.74) is 0.773. The van der Waals surface area contributed by atoms with Crippen LogP contribution in [0.3, 0.4) is 0 Å². The molecule has 0 atom stereocenters. The van der Waals surface area contributed by atoms with Gasteiger partial charge in [0.25, 0.3) is 0 Å². The molecule has 0 N–H and O–H groups in total. The molecule has 0 fully saturated rings. The first-order valence-electron chi connectivity index (χ1n) is 3.27. The molecule has 0 saturated heterocycles. The normalized spacial score (nSPS) is 9.73. The Labute approximate surface area is 70.6 Å². The Morgan fingerprint density at radius 1 is 1.27 bits per heavy atom. The summed E-state index contributed by atoms with van der Waals surface area (Å²) in [5, 5.41) is 9.89. The zero-order valence-electron chi connectivity index (χ0n) is 5.74. The maximum absolute atomic E-state index is 8.61. The Balaban J connectivity index is 2.79. The van der Waals surface area contributed by atoms with Crippen LogP contribution in [0.25, 0.3) is 9.65 Å². The Morgan fingerprint density at radius 2 is 2.18 bits per heavy atom. The third-order valence-electron chi connectivity index (χ3n) is 1.59. The summed E-state index contributed by atoms with van der Waals surface area (Å²) in [7, 11) is 0. The predicted octanol–water partition coefficient (Wildman–Crippen LogP) is 1.77. The molecule has 0 amide bonds. The van der Waals surface area contributed by atoms with Gasteiger partial charge in [-0.05, 0) is 0 Å². The van der Waals surface area contributed by atoms with Crippen molar-refractivity contribution in [3.63, 3.8) is 0 Å². The van der Waals surface area contributed by atoms with Crippen molar-refractivity contribution in [2.45, 2.75) is 0 Å². The van der Waals surface area contributed by atoms with Crippen LogP contribution < -0.4 is 0 Å². The molecule has 0 spiro atoms. The summed E-state index contributed by atoms with van der Waals surface area (Å²) < 4.78 is 1.33. The number of hydrogen-bond donors (Lipinski definition) is 0. The zero-order chi connectivity index (χ0) is 7.68. The molecule has 0 saturated carbocycles. The fourth-order valence-electron chi connectivity index (χ4n) is 1.02. The van der Waals surface area contributed by atoms with Crippen molar-refractivity contribution in [3.05, 3.63) is 34.8 Å². The summed E-state index contributed by atoms with van der Waals surface area (Å²) in [4.78, 5) is 2.18. The number of hydrogen-bond acceptors (Lipinski definition) is 1. The average molecular weight is 206 g/mol. The van der Waals surface area contributed by atoms with E-state index in [1.165, 1.54) is 9.65 Å². The number of rotatable bonds is 0. The van der Waals surface area contributed by atoms with E-state index in [2.05, 4.69) is 17.1 Å². The van der Waals surface area contributed by atoms with Crippen molar-refractivity contribution >= 4 is 24.1 Å². The van der Waals surface area contributed by atoms with Gasteiger partial charge in [-0.1, -0.05) is 0 Å². The van der Waals surface area contributed by atoms with Crippen molar-refractivity contribution in [3.8, 4) is 6.07 Å². The van der Waals surface area contributed by atoms with Gasteiger partial charge in [0.1, 0.15) is 0 Å². The molecule has 0 bridgehead atoms. The van der Waals surface area contributed by atoms with Crippen LogP contribution in [-0.2, 0) is 0 Å². The van der Waals surface area contributed by atoms with E-state index in [1.54, 1.807) is 0 Å². The summed E-state index contributed by atoms with van der Waals surface area (Å²) in [6.45, 7) is 0. The quantitative estimate of drug-likeness (QED) is 0.602. The van der Waals surface area contributed by atoms with E-state index < -0.39 is 0 Å². The van der Waals surface area contributed by atoms with Gasteiger partial charge in [0, 0.05) is 0 Å². The van der Waals surface area contributed by atoms with Crippen LogP contribution in [0.4, 0.5) is 0 Å². The summed E-state index contributed by atoms with van der Waals surface area (Å²) in [6, 6.07) is 10.1. The van der Waals surface area contributed by atoms with Crippen LogP contribution in [0.5, 0.6) is 0 Å². The maximum atomic E-state index is 8.61. The van der Waals surface area contributed by atoms with E-state index in [1.807, 2.05) is 18.2 Å². The molecular weight excluding hydrogens is 201 g/mol. The molecule has 2 rings (SSSR count). The van der Waals surface area contributed by atoms with Crippen molar-refractivity contribution in [1.82, 2.24) is 0 Å². The third kappa shape index (κ3) is 1.09. The molecule has 0 unspecified atom stereocenters. The van der Waals surface area contributed by atoms with Crippen LogP contribution in [0.2, 0.25) is 0 Å². The van der Waals surface area contributed by atoms with Gasteiger partial charge in [-0.25, -0.2) is 0 Å². The van der Waals surface area contributed by atoms with Gasteiger partial charge in [-0.3, -0.25) is 0 Å². The van der Waals surface area contributed by atoms with E-state index in [-0.39, 0.29) is 0 Å². The molecular formula is C9H5NSe.